The van der Waals surface area contributed by atoms with Crippen LogP contribution in [0.2, 0.25) is 0 Å². The van der Waals surface area contributed by atoms with Crippen LogP contribution in [0.4, 0.5) is 0 Å². The fraction of sp³-hybridized carbons (Fsp3) is 0.833. The number of aromatic nitrogens is 2. The van der Waals surface area contributed by atoms with Gasteiger partial charge < -0.3 is 14.6 Å². The van der Waals surface area contributed by atoms with E-state index in [-0.39, 0.29) is 6.10 Å². The molecule has 1 aromatic rings. The summed E-state index contributed by atoms with van der Waals surface area (Å²) in [5.74, 6) is 5.98. The van der Waals surface area contributed by atoms with Crippen LogP contribution < -0.4 is 5.32 Å². The van der Waals surface area contributed by atoms with Gasteiger partial charge in [0.1, 0.15) is 6.10 Å². The topological polar surface area (TPSA) is 60.2 Å². The molecule has 1 N–H and O–H groups in total. The fourth-order valence-electron chi connectivity index (χ4n) is 2.43. The van der Waals surface area contributed by atoms with Crippen molar-refractivity contribution < 1.29 is 9.26 Å². The molecule has 0 amide bonds. The van der Waals surface area contributed by atoms with E-state index in [1.807, 2.05) is 23.5 Å². The Bertz CT molecular complexity index is 409. The summed E-state index contributed by atoms with van der Waals surface area (Å²) in [6.45, 7) is 3.88. The summed E-state index contributed by atoms with van der Waals surface area (Å²) in [5.41, 5.74) is 0. The van der Waals surface area contributed by atoms with Crippen molar-refractivity contribution in [2.45, 2.75) is 25.0 Å². The summed E-state index contributed by atoms with van der Waals surface area (Å²) in [5, 5.41) is 7.62. The Kier molecular flexibility index (Phi) is 4.68. The lowest BCUT2D eigenvalue weighted by atomic mass is 10.0. The molecule has 106 valence electrons. The lowest BCUT2D eigenvalue weighted by Gasteiger charge is -2.19. The highest BCUT2D eigenvalue weighted by molar-refractivity contribution is 7.99. The second-order valence-corrected chi connectivity index (χ2v) is 6.96. The van der Waals surface area contributed by atoms with Crippen LogP contribution in [0.3, 0.4) is 0 Å². The van der Waals surface area contributed by atoms with E-state index in [0.29, 0.717) is 17.8 Å². The van der Waals surface area contributed by atoms with E-state index in [4.69, 9.17) is 9.26 Å². The summed E-state index contributed by atoms with van der Waals surface area (Å²) < 4.78 is 11.2. The molecule has 0 saturated carbocycles. The molecule has 0 bridgehead atoms. The van der Waals surface area contributed by atoms with Gasteiger partial charge in [0.2, 0.25) is 11.7 Å². The Morgan fingerprint density at radius 3 is 3.05 bits per heavy atom. The van der Waals surface area contributed by atoms with Crippen molar-refractivity contribution in [2.75, 3.05) is 36.2 Å². The van der Waals surface area contributed by atoms with Crippen LogP contribution in [0.1, 0.15) is 30.7 Å². The minimum atomic E-state index is 0.00268. The highest BCUT2D eigenvalue weighted by atomic mass is 32.2. The van der Waals surface area contributed by atoms with Gasteiger partial charge in [-0.15, -0.1) is 0 Å². The molecule has 1 aromatic heterocycles. The second-order valence-electron chi connectivity index (χ2n) is 4.73. The molecule has 2 saturated heterocycles. The molecule has 0 radical (unpaired) electrons. The standard InChI is InChI=1S/C12H19N3O2S2/c1-2-13-9-6-19-5-8(9)12-14-11(15-17-12)10-7-18-4-3-16-10/h8-10,13H,2-7H2,1H3. The van der Waals surface area contributed by atoms with Crippen molar-refractivity contribution in [3.8, 4) is 0 Å². The van der Waals surface area contributed by atoms with Crippen LogP contribution in [0.5, 0.6) is 0 Å². The predicted octanol–water partition coefficient (Wildman–Crippen LogP) is 1.68. The van der Waals surface area contributed by atoms with Crippen LogP contribution >= 0.6 is 23.5 Å². The van der Waals surface area contributed by atoms with Crippen molar-refractivity contribution in [2.24, 2.45) is 0 Å². The lowest BCUT2D eigenvalue weighted by Crippen LogP contribution is -2.34. The first kappa shape index (κ1) is 13.7. The van der Waals surface area contributed by atoms with Gasteiger partial charge in [-0.2, -0.15) is 28.5 Å². The Hall–Kier alpha value is -0.240. The SMILES string of the molecule is CCNC1CSCC1c1nc(C2CSCCO2)no1. The molecule has 5 nitrogen and oxygen atoms in total. The minimum Gasteiger partial charge on any atom is -0.368 e. The van der Waals surface area contributed by atoms with Gasteiger partial charge in [0.15, 0.2) is 0 Å². The van der Waals surface area contributed by atoms with Gasteiger partial charge in [-0.25, -0.2) is 0 Å². The van der Waals surface area contributed by atoms with Crippen LogP contribution in [0.15, 0.2) is 4.52 Å². The maximum absolute atomic E-state index is 5.69. The summed E-state index contributed by atoms with van der Waals surface area (Å²) >= 11 is 3.83. The molecule has 2 fully saturated rings. The Labute approximate surface area is 121 Å². The van der Waals surface area contributed by atoms with Crippen LogP contribution in [-0.2, 0) is 4.74 Å². The summed E-state index contributed by atoms with van der Waals surface area (Å²) in [6.07, 6.45) is 0.00268. The third-order valence-electron chi connectivity index (χ3n) is 3.43. The van der Waals surface area contributed by atoms with E-state index in [1.165, 1.54) is 0 Å². The quantitative estimate of drug-likeness (QED) is 0.908. The van der Waals surface area contributed by atoms with E-state index in [9.17, 15) is 0 Å². The highest BCUT2D eigenvalue weighted by Crippen LogP contribution is 2.33. The molecule has 19 heavy (non-hydrogen) atoms. The van der Waals surface area contributed by atoms with Gasteiger partial charge >= 0.3 is 0 Å². The second kappa shape index (κ2) is 6.47. The molecule has 3 rings (SSSR count). The maximum atomic E-state index is 5.69. The van der Waals surface area contributed by atoms with Crippen LogP contribution in [-0.4, -0.2) is 52.3 Å². The monoisotopic (exact) mass is 301 g/mol. The Morgan fingerprint density at radius 2 is 2.26 bits per heavy atom. The van der Waals surface area contributed by atoms with Gasteiger partial charge in [0.05, 0.1) is 12.5 Å². The number of hydrogen-bond acceptors (Lipinski definition) is 7. The summed E-state index contributed by atoms with van der Waals surface area (Å²) in [6, 6.07) is 0.449. The first-order valence-corrected chi connectivity index (χ1v) is 9.03. The van der Waals surface area contributed by atoms with E-state index in [0.717, 1.165) is 42.1 Å². The first-order chi connectivity index (χ1) is 9.38. The normalized spacial score (nSPS) is 31.7. The zero-order chi connectivity index (χ0) is 13.1. The van der Waals surface area contributed by atoms with Gasteiger partial charge in [-0.3, -0.25) is 0 Å². The largest absolute Gasteiger partial charge is 0.368 e. The molecule has 0 aliphatic carbocycles. The Morgan fingerprint density at radius 1 is 1.32 bits per heavy atom. The number of nitrogens with one attached hydrogen (secondary N) is 1. The van der Waals surface area contributed by atoms with Crippen LogP contribution in [0.25, 0.3) is 0 Å². The number of hydrogen-bond donors (Lipinski definition) is 1. The van der Waals surface area contributed by atoms with Crippen molar-refractivity contribution in [1.82, 2.24) is 15.5 Å². The van der Waals surface area contributed by atoms with Gasteiger partial charge in [0.25, 0.3) is 0 Å². The maximum Gasteiger partial charge on any atom is 0.232 e. The third kappa shape index (κ3) is 3.09. The van der Waals surface area contributed by atoms with Crippen molar-refractivity contribution in [1.29, 1.82) is 0 Å². The fourth-order valence-corrected chi connectivity index (χ4v) is 4.64. The summed E-state index contributed by atoms with van der Waals surface area (Å²) in [7, 11) is 0. The third-order valence-corrected chi connectivity index (χ3v) is 5.61. The minimum absolute atomic E-state index is 0.00268. The molecular formula is C12H19N3O2S2. The zero-order valence-electron chi connectivity index (χ0n) is 11.0. The number of nitrogens with zero attached hydrogens (tertiary/aromatic N) is 2. The molecule has 0 spiro atoms. The molecule has 2 aliphatic rings. The Balaban J connectivity index is 1.69. The first-order valence-electron chi connectivity index (χ1n) is 6.72. The lowest BCUT2D eigenvalue weighted by molar-refractivity contribution is 0.0677. The number of likely N-dealkylation sites (N-methyl/N-ethyl adjacent to an activating group) is 1. The van der Waals surface area contributed by atoms with Crippen molar-refractivity contribution in [3.63, 3.8) is 0 Å². The van der Waals surface area contributed by atoms with E-state index >= 15 is 0 Å². The molecule has 3 heterocycles. The zero-order valence-corrected chi connectivity index (χ0v) is 12.6. The summed E-state index contributed by atoms with van der Waals surface area (Å²) in [4.78, 5) is 4.58. The van der Waals surface area contributed by atoms with Crippen LogP contribution in [0, 0.1) is 0 Å². The van der Waals surface area contributed by atoms with Crippen molar-refractivity contribution >= 4 is 23.5 Å². The predicted molar refractivity (Wildman–Crippen MR) is 77.8 cm³/mol. The van der Waals surface area contributed by atoms with Gasteiger partial charge in [-0.05, 0) is 6.54 Å². The van der Waals surface area contributed by atoms with E-state index in [1.54, 1.807) is 0 Å². The molecule has 7 heteroatoms. The van der Waals surface area contributed by atoms with E-state index in [2.05, 4.69) is 22.4 Å². The van der Waals surface area contributed by atoms with Gasteiger partial charge in [0, 0.05) is 29.1 Å². The number of rotatable bonds is 4. The average Bonchev–Trinajstić information content (AvgIpc) is 3.08. The number of thioether (sulfide) groups is 2. The molecule has 2 aliphatic heterocycles. The molecule has 0 aromatic carbocycles. The van der Waals surface area contributed by atoms with E-state index < -0.39 is 0 Å². The van der Waals surface area contributed by atoms with Gasteiger partial charge in [-0.1, -0.05) is 12.1 Å². The smallest absolute Gasteiger partial charge is 0.232 e. The molecule has 3 atom stereocenters. The molecule has 3 unspecified atom stereocenters. The number of ether oxygens (including phenoxy) is 1. The van der Waals surface area contributed by atoms with Crippen molar-refractivity contribution in [3.05, 3.63) is 11.7 Å². The molecular weight excluding hydrogens is 282 g/mol. The highest BCUT2D eigenvalue weighted by Gasteiger charge is 2.34. The average molecular weight is 301 g/mol.